The van der Waals surface area contributed by atoms with Crippen LogP contribution in [0.25, 0.3) is 11.3 Å². The molecule has 0 fully saturated rings. The zero-order valence-corrected chi connectivity index (χ0v) is 20.7. The lowest BCUT2D eigenvalue weighted by molar-refractivity contribution is 0.0369. The Morgan fingerprint density at radius 1 is 0.649 bits per heavy atom. The smallest absolute Gasteiger partial charge is 0.338 e. The second kappa shape index (κ2) is 10.7. The first-order valence-corrected chi connectivity index (χ1v) is 11.9. The van der Waals surface area contributed by atoms with Gasteiger partial charge in [-0.25, -0.2) is 15.1 Å². The van der Waals surface area contributed by atoms with Crippen LogP contribution >= 0.6 is 23.2 Å². The maximum atomic E-state index is 12.7. The van der Waals surface area contributed by atoms with E-state index in [1.807, 2.05) is 54.6 Å². The first kappa shape index (κ1) is 24.3. The molecule has 0 radical (unpaired) electrons. The van der Waals surface area contributed by atoms with Gasteiger partial charge in [0.1, 0.15) is 5.71 Å². The Balaban J connectivity index is 1.52. The van der Waals surface area contributed by atoms with Crippen LogP contribution in [0, 0.1) is 0 Å². The highest BCUT2D eigenvalue weighted by molar-refractivity contribution is 6.41. The summed E-state index contributed by atoms with van der Waals surface area (Å²) in [6.45, 7) is 0. The van der Waals surface area contributed by atoms with E-state index >= 15 is 0 Å². The molecular formula is C29H18Cl2N2O4. The third-order valence-electron chi connectivity index (χ3n) is 5.63. The van der Waals surface area contributed by atoms with E-state index in [4.69, 9.17) is 32.9 Å². The fourth-order valence-corrected chi connectivity index (χ4v) is 4.10. The first-order valence-electron chi connectivity index (χ1n) is 11.2. The van der Waals surface area contributed by atoms with Gasteiger partial charge in [-0.05, 0) is 54.1 Å². The molecule has 0 unspecified atom stereocenters. The highest BCUT2D eigenvalue weighted by Crippen LogP contribution is 2.37. The number of nitrogens with one attached hydrogen (secondary N) is 1. The van der Waals surface area contributed by atoms with Crippen LogP contribution in [-0.2, 0) is 9.68 Å². The molecule has 0 bridgehead atoms. The van der Waals surface area contributed by atoms with Crippen LogP contribution in [-0.4, -0.2) is 17.7 Å². The molecule has 4 aromatic rings. The van der Waals surface area contributed by atoms with Crippen molar-refractivity contribution in [2.24, 2.45) is 5.16 Å². The van der Waals surface area contributed by atoms with E-state index in [0.29, 0.717) is 43.7 Å². The number of hydrogen-bond acceptors (Lipinski definition) is 6. The summed E-state index contributed by atoms with van der Waals surface area (Å²) in [6, 6.07) is 29.5. The van der Waals surface area contributed by atoms with Crippen molar-refractivity contribution in [3.05, 3.63) is 141 Å². The Kier molecular flexibility index (Phi) is 7.03. The maximum absolute atomic E-state index is 12.7. The number of allylic oxidation sites excluding steroid dienone is 1. The largest absolute Gasteiger partial charge is 0.365 e. The fraction of sp³-hybridized carbons (Fsp3) is 0. The number of hydroxylamine groups is 1. The predicted octanol–water partition coefficient (Wildman–Crippen LogP) is 6.80. The van der Waals surface area contributed by atoms with Crippen molar-refractivity contribution in [2.75, 3.05) is 0 Å². The number of rotatable bonds is 6. The minimum atomic E-state index is -0.635. The van der Waals surface area contributed by atoms with Crippen molar-refractivity contribution in [1.82, 2.24) is 5.48 Å². The molecule has 182 valence electrons. The molecule has 0 heterocycles. The first-order chi connectivity index (χ1) is 18.0. The lowest BCUT2D eigenvalue weighted by Crippen LogP contribution is -2.19. The summed E-state index contributed by atoms with van der Waals surface area (Å²) in [6.07, 6.45) is 0. The molecular weight excluding hydrogens is 511 g/mol. The van der Waals surface area contributed by atoms with Crippen LogP contribution in [0.4, 0.5) is 0 Å². The molecule has 1 N–H and O–H groups in total. The van der Waals surface area contributed by atoms with Gasteiger partial charge >= 0.3 is 11.9 Å². The summed E-state index contributed by atoms with van der Waals surface area (Å²) < 4.78 is 0. The van der Waals surface area contributed by atoms with E-state index in [9.17, 15) is 9.59 Å². The molecule has 0 atom stereocenters. The number of nitrogens with zero attached hydrogens (tertiary/aromatic N) is 1. The second-order valence-electron chi connectivity index (χ2n) is 7.99. The third kappa shape index (κ3) is 5.26. The molecule has 5 rings (SSSR count). The van der Waals surface area contributed by atoms with Crippen molar-refractivity contribution >= 4 is 52.1 Å². The van der Waals surface area contributed by atoms with Gasteiger partial charge in [-0.2, -0.15) is 0 Å². The Hall–Kier alpha value is -4.39. The quantitative estimate of drug-likeness (QED) is 0.220. The Labute approximate surface area is 222 Å². The van der Waals surface area contributed by atoms with Gasteiger partial charge in [0.15, 0.2) is 0 Å². The van der Waals surface area contributed by atoms with Gasteiger partial charge in [0.2, 0.25) is 0 Å². The average Bonchev–Trinajstić information content (AvgIpc) is 3.25. The summed E-state index contributed by atoms with van der Waals surface area (Å²) in [5.41, 5.74) is 7.19. The van der Waals surface area contributed by atoms with Gasteiger partial charge in [0.05, 0.1) is 16.8 Å². The van der Waals surface area contributed by atoms with Gasteiger partial charge in [-0.15, -0.1) is 0 Å². The maximum Gasteiger partial charge on any atom is 0.365 e. The SMILES string of the molecule is O=C(O/N=C1/C(c2ccccc2)=C(NOC(=O)c2ccc(Cl)cc2)c2ccccc21)c1ccc(Cl)cc1. The summed E-state index contributed by atoms with van der Waals surface area (Å²) in [5.74, 6) is -1.22. The van der Waals surface area contributed by atoms with Gasteiger partial charge in [-0.1, -0.05) is 83.0 Å². The average molecular weight is 529 g/mol. The van der Waals surface area contributed by atoms with E-state index in [2.05, 4.69) is 10.6 Å². The van der Waals surface area contributed by atoms with Crippen molar-refractivity contribution in [1.29, 1.82) is 0 Å². The normalized spacial score (nSPS) is 13.3. The van der Waals surface area contributed by atoms with Crippen molar-refractivity contribution < 1.29 is 19.3 Å². The third-order valence-corrected chi connectivity index (χ3v) is 6.13. The van der Waals surface area contributed by atoms with Crippen LogP contribution in [0.2, 0.25) is 10.0 Å². The zero-order valence-electron chi connectivity index (χ0n) is 19.2. The van der Waals surface area contributed by atoms with Crippen LogP contribution in [0.15, 0.2) is 108 Å². The van der Waals surface area contributed by atoms with Crippen LogP contribution < -0.4 is 5.48 Å². The highest BCUT2D eigenvalue weighted by atomic mass is 35.5. The van der Waals surface area contributed by atoms with E-state index < -0.39 is 11.9 Å². The number of fused-ring (bicyclic) bond motifs is 1. The van der Waals surface area contributed by atoms with E-state index in [-0.39, 0.29) is 0 Å². The standard InChI is InChI=1S/C29H18Cl2N2O4/c30-21-14-10-19(11-15-21)28(34)36-32-26-23-8-4-5-9-24(23)27(25(26)18-6-2-1-3-7-18)33-37-29(35)20-12-16-22(31)17-13-20/h1-17,32H/b33-27+. The van der Waals surface area contributed by atoms with Gasteiger partial charge in [-0.3, -0.25) is 0 Å². The molecule has 0 saturated heterocycles. The summed E-state index contributed by atoms with van der Waals surface area (Å²) >= 11 is 11.8. The van der Waals surface area contributed by atoms with Crippen LogP contribution in [0.1, 0.15) is 37.4 Å². The van der Waals surface area contributed by atoms with E-state index in [1.165, 1.54) is 0 Å². The number of hydrogen-bond donors (Lipinski definition) is 1. The zero-order chi connectivity index (χ0) is 25.8. The summed E-state index contributed by atoms with van der Waals surface area (Å²) in [4.78, 5) is 36.1. The highest BCUT2D eigenvalue weighted by Gasteiger charge is 2.31. The van der Waals surface area contributed by atoms with Crippen molar-refractivity contribution in [3.63, 3.8) is 0 Å². The molecule has 6 nitrogen and oxygen atoms in total. The van der Waals surface area contributed by atoms with E-state index in [0.717, 1.165) is 11.1 Å². The monoisotopic (exact) mass is 528 g/mol. The van der Waals surface area contributed by atoms with Gasteiger partial charge in [0, 0.05) is 26.7 Å². The number of carbonyl (C=O) groups is 2. The molecule has 0 aromatic heterocycles. The number of benzene rings is 4. The Morgan fingerprint density at radius 3 is 1.81 bits per heavy atom. The summed E-state index contributed by atoms with van der Waals surface area (Å²) in [5, 5.41) is 5.26. The molecule has 0 spiro atoms. The van der Waals surface area contributed by atoms with Crippen LogP contribution in [0.3, 0.4) is 0 Å². The molecule has 0 amide bonds. The molecule has 1 aliphatic carbocycles. The fourth-order valence-electron chi connectivity index (χ4n) is 3.85. The Morgan fingerprint density at radius 2 is 1.19 bits per heavy atom. The topological polar surface area (TPSA) is 77.0 Å². The molecule has 4 aromatic carbocycles. The minimum Gasteiger partial charge on any atom is -0.338 e. The molecule has 1 aliphatic rings. The second-order valence-corrected chi connectivity index (χ2v) is 8.86. The number of halogens is 2. The molecule has 8 heteroatoms. The van der Waals surface area contributed by atoms with Gasteiger partial charge < -0.3 is 9.68 Å². The molecule has 37 heavy (non-hydrogen) atoms. The number of oxime groups is 1. The Bertz CT molecular complexity index is 1530. The predicted molar refractivity (Wildman–Crippen MR) is 143 cm³/mol. The van der Waals surface area contributed by atoms with Crippen LogP contribution in [0.5, 0.6) is 0 Å². The summed E-state index contributed by atoms with van der Waals surface area (Å²) in [7, 11) is 0. The lowest BCUT2D eigenvalue weighted by atomic mass is 10.0. The number of carbonyl (C=O) groups excluding carboxylic acids is 2. The molecule has 0 saturated carbocycles. The van der Waals surface area contributed by atoms with E-state index in [1.54, 1.807) is 48.5 Å². The van der Waals surface area contributed by atoms with Crippen molar-refractivity contribution in [2.45, 2.75) is 0 Å². The van der Waals surface area contributed by atoms with Crippen molar-refractivity contribution in [3.8, 4) is 0 Å². The van der Waals surface area contributed by atoms with Gasteiger partial charge in [0.25, 0.3) is 0 Å². The molecule has 0 aliphatic heterocycles. The minimum absolute atomic E-state index is 0.306. The lowest BCUT2D eigenvalue weighted by Gasteiger charge is -2.12.